The second kappa shape index (κ2) is 9.22. The minimum absolute atomic E-state index is 0.0498. The third-order valence-electron chi connectivity index (χ3n) is 4.76. The lowest BCUT2D eigenvalue weighted by molar-refractivity contribution is -0.128. The molecule has 0 saturated carbocycles. The zero-order valence-electron chi connectivity index (χ0n) is 16.0. The average Bonchev–Trinajstić information content (AvgIpc) is 2.71. The predicted molar refractivity (Wildman–Crippen MR) is 111 cm³/mol. The van der Waals surface area contributed by atoms with Gasteiger partial charge in [0.15, 0.2) is 6.10 Å². The van der Waals surface area contributed by atoms with E-state index in [9.17, 15) is 4.79 Å². The molecule has 1 amide bonds. The van der Waals surface area contributed by atoms with Crippen LogP contribution in [0.1, 0.15) is 32.3 Å². The van der Waals surface area contributed by atoms with Gasteiger partial charge in [0.2, 0.25) is 0 Å². The number of hydrogen-bond acceptors (Lipinski definition) is 2. The van der Waals surface area contributed by atoms with Gasteiger partial charge in [0.25, 0.3) is 5.91 Å². The quantitative estimate of drug-likeness (QED) is 0.604. The van der Waals surface area contributed by atoms with Gasteiger partial charge in [-0.3, -0.25) is 4.79 Å². The summed E-state index contributed by atoms with van der Waals surface area (Å²) in [5.74, 6) is 0.679. The molecule has 0 heterocycles. The first-order chi connectivity index (χ1) is 13.2. The van der Waals surface area contributed by atoms with Gasteiger partial charge >= 0.3 is 0 Å². The van der Waals surface area contributed by atoms with E-state index in [2.05, 4.69) is 29.6 Å². The summed E-state index contributed by atoms with van der Waals surface area (Å²) in [7, 11) is 0. The Morgan fingerprint density at radius 1 is 0.963 bits per heavy atom. The van der Waals surface area contributed by atoms with Crippen LogP contribution in [-0.4, -0.2) is 18.1 Å². The smallest absolute Gasteiger partial charge is 0.261 e. The fourth-order valence-corrected chi connectivity index (χ4v) is 3.16. The van der Waals surface area contributed by atoms with Gasteiger partial charge in [0.1, 0.15) is 5.75 Å². The molecule has 2 atom stereocenters. The number of amides is 1. The van der Waals surface area contributed by atoms with Crippen LogP contribution in [0, 0.1) is 0 Å². The lowest BCUT2D eigenvalue weighted by Crippen LogP contribution is -2.42. The maximum Gasteiger partial charge on any atom is 0.261 e. The number of ether oxygens (including phenoxy) is 1. The van der Waals surface area contributed by atoms with Gasteiger partial charge in [0, 0.05) is 6.04 Å². The van der Waals surface area contributed by atoms with Crippen molar-refractivity contribution in [1.82, 2.24) is 5.32 Å². The molecule has 27 heavy (non-hydrogen) atoms. The molecule has 0 unspecified atom stereocenters. The zero-order valence-corrected chi connectivity index (χ0v) is 16.0. The molecule has 3 heteroatoms. The molecule has 3 aromatic rings. The van der Waals surface area contributed by atoms with Crippen molar-refractivity contribution in [3.05, 3.63) is 78.4 Å². The van der Waals surface area contributed by atoms with Gasteiger partial charge in [0.05, 0.1) is 0 Å². The Kier molecular flexibility index (Phi) is 6.48. The van der Waals surface area contributed by atoms with Gasteiger partial charge in [-0.2, -0.15) is 0 Å². The molecule has 3 rings (SSSR count). The summed E-state index contributed by atoms with van der Waals surface area (Å²) in [5, 5.41) is 5.37. The van der Waals surface area contributed by atoms with Gasteiger partial charge in [-0.25, -0.2) is 0 Å². The van der Waals surface area contributed by atoms with Crippen molar-refractivity contribution < 1.29 is 9.53 Å². The number of nitrogens with one attached hydrogen (secondary N) is 1. The van der Waals surface area contributed by atoms with Crippen molar-refractivity contribution in [2.24, 2.45) is 0 Å². The van der Waals surface area contributed by atoms with E-state index in [0.29, 0.717) is 6.42 Å². The summed E-state index contributed by atoms with van der Waals surface area (Å²) in [5.41, 5.74) is 1.29. The number of hydrogen-bond donors (Lipinski definition) is 1. The topological polar surface area (TPSA) is 38.3 Å². The molecule has 140 valence electrons. The van der Waals surface area contributed by atoms with Crippen LogP contribution in [-0.2, 0) is 11.2 Å². The minimum Gasteiger partial charge on any atom is -0.481 e. The standard InChI is InChI=1S/C24H27NO2/c1-3-23(27-22-16-15-20-11-7-8-12-21(20)17-22)24(26)25-18(2)13-14-19-9-5-4-6-10-19/h4-12,15-18,23H,3,13-14H2,1-2H3,(H,25,26)/t18-,23+/m1/s1. The molecular weight excluding hydrogens is 334 g/mol. The number of aryl methyl sites for hydroxylation is 1. The second-order valence-corrected chi connectivity index (χ2v) is 6.96. The van der Waals surface area contributed by atoms with Crippen LogP contribution in [0.25, 0.3) is 10.8 Å². The van der Waals surface area contributed by atoms with Crippen LogP contribution >= 0.6 is 0 Å². The summed E-state index contributed by atoms with van der Waals surface area (Å²) in [6, 6.07) is 24.5. The molecule has 3 nitrogen and oxygen atoms in total. The molecule has 0 spiro atoms. The van der Waals surface area contributed by atoms with E-state index >= 15 is 0 Å². The van der Waals surface area contributed by atoms with Crippen molar-refractivity contribution in [3.63, 3.8) is 0 Å². The Morgan fingerprint density at radius 3 is 2.41 bits per heavy atom. The minimum atomic E-state index is -0.481. The van der Waals surface area contributed by atoms with E-state index < -0.39 is 6.10 Å². The molecule has 0 saturated heterocycles. The summed E-state index contributed by atoms with van der Waals surface area (Å²) >= 11 is 0. The maximum atomic E-state index is 12.6. The Hall–Kier alpha value is -2.81. The molecule has 0 aromatic heterocycles. The lowest BCUT2D eigenvalue weighted by atomic mass is 10.1. The first kappa shape index (κ1) is 19.0. The molecule has 0 bridgehead atoms. The van der Waals surface area contributed by atoms with E-state index in [1.165, 1.54) is 5.56 Å². The van der Waals surface area contributed by atoms with E-state index in [1.54, 1.807) is 0 Å². The second-order valence-electron chi connectivity index (χ2n) is 6.96. The maximum absolute atomic E-state index is 12.6. The molecule has 0 aliphatic rings. The van der Waals surface area contributed by atoms with Crippen LogP contribution in [0.3, 0.4) is 0 Å². The average molecular weight is 361 g/mol. The number of fused-ring (bicyclic) bond motifs is 1. The molecular formula is C24H27NO2. The van der Waals surface area contributed by atoms with Gasteiger partial charge < -0.3 is 10.1 Å². The first-order valence-electron chi connectivity index (χ1n) is 9.65. The van der Waals surface area contributed by atoms with Gasteiger partial charge in [-0.05, 0) is 54.7 Å². The molecule has 0 fully saturated rings. The Bertz CT molecular complexity index is 876. The molecule has 3 aromatic carbocycles. The zero-order chi connectivity index (χ0) is 19.1. The molecule has 1 N–H and O–H groups in total. The van der Waals surface area contributed by atoms with Crippen molar-refractivity contribution in [2.45, 2.75) is 45.3 Å². The van der Waals surface area contributed by atoms with Crippen molar-refractivity contribution >= 4 is 16.7 Å². The third-order valence-corrected chi connectivity index (χ3v) is 4.76. The fraction of sp³-hybridized carbons (Fsp3) is 0.292. The molecule has 0 aliphatic carbocycles. The lowest BCUT2D eigenvalue weighted by Gasteiger charge is -2.21. The highest BCUT2D eigenvalue weighted by atomic mass is 16.5. The summed E-state index contributed by atoms with van der Waals surface area (Å²) < 4.78 is 5.99. The molecule has 0 aliphatic heterocycles. The van der Waals surface area contributed by atoms with Crippen LogP contribution in [0.5, 0.6) is 5.75 Å². The number of rotatable bonds is 8. The SMILES string of the molecule is CC[C@H](Oc1ccc2ccccc2c1)C(=O)N[C@H](C)CCc1ccccc1. The van der Waals surface area contributed by atoms with Crippen molar-refractivity contribution in [1.29, 1.82) is 0 Å². The largest absolute Gasteiger partial charge is 0.481 e. The van der Waals surface area contributed by atoms with Crippen molar-refractivity contribution in [3.8, 4) is 5.75 Å². The summed E-state index contributed by atoms with van der Waals surface area (Å²) in [4.78, 5) is 12.6. The van der Waals surface area contributed by atoms with Gasteiger partial charge in [-0.15, -0.1) is 0 Å². The highest BCUT2D eigenvalue weighted by Crippen LogP contribution is 2.22. The predicted octanol–water partition coefficient (Wildman–Crippen LogP) is 5.13. The fourth-order valence-electron chi connectivity index (χ4n) is 3.16. The van der Waals surface area contributed by atoms with Gasteiger partial charge in [-0.1, -0.05) is 67.6 Å². The van der Waals surface area contributed by atoms with Crippen LogP contribution in [0.15, 0.2) is 72.8 Å². The number of carbonyl (C=O) groups is 1. The first-order valence-corrected chi connectivity index (χ1v) is 9.65. The van der Waals surface area contributed by atoms with Crippen molar-refractivity contribution in [2.75, 3.05) is 0 Å². The van der Waals surface area contributed by atoms with Crippen LogP contribution in [0.2, 0.25) is 0 Å². The number of benzene rings is 3. The van der Waals surface area contributed by atoms with Crippen LogP contribution < -0.4 is 10.1 Å². The van der Waals surface area contributed by atoms with E-state index in [1.807, 2.05) is 62.4 Å². The highest BCUT2D eigenvalue weighted by molar-refractivity contribution is 5.84. The highest BCUT2D eigenvalue weighted by Gasteiger charge is 2.20. The Morgan fingerprint density at radius 2 is 1.67 bits per heavy atom. The van der Waals surface area contributed by atoms with Crippen LogP contribution in [0.4, 0.5) is 0 Å². The summed E-state index contributed by atoms with van der Waals surface area (Å²) in [6.07, 6.45) is 2.00. The summed E-state index contributed by atoms with van der Waals surface area (Å²) in [6.45, 7) is 4.02. The molecule has 0 radical (unpaired) electrons. The monoisotopic (exact) mass is 361 g/mol. The Labute approximate surface area is 161 Å². The Balaban J connectivity index is 1.56. The third kappa shape index (κ3) is 5.33. The van der Waals surface area contributed by atoms with E-state index in [0.717, 1.165) is 29.4 Å². The number of carbonyl (C=O) groups excluding carboxylic acids is 1. The van der Waals surface area contributed by atoms with E-state index in [-0.39, 0.29) is 11.9 Å². The van der Waals surface area contributed by atoms with E-state index in [4.69, 9.17) is 4.74 Å². The normalized spacial score (nSPS) is 13.1.